The fourth-order valence-electron chi connectivity index (χ4n) is 4.23. The van der Waals surface area contributed by atoms with Crippen LogP contribution in [0.5, 0.6) is 0 Å². The predicted molar refractivity (Wildman–Crippen MR) is 111 cm³/mol. The monoisotopic (exact) mass is 327 g/mol. The van der Waals surface area contributed by atoms with Crippen molar-refractivity contribution < 1.29 is 4.42 Å². The average molecular weight is 327 g/mol. The van der Waals surface area contributed by atoms with E-state index in [1.54, 1.807) is 0 Å². The lowest BCUT2D eigenvalue weighted by molar-refractivity contribution is 0.658. The van der Waals surface area contributed by atoms with Crippen molar-refractivity contribution in [3.8, 4) is 0 Å². The van der Waals surface area contributed by atoms with E-state index < -0.39 is 0 Å². The van der Waals surface area contributed by atoms with Crippen LogP contribution in [-0.4, -0.2) is 20.7 Å². The molecule has 0 aliphatic rings. The van der Waals surface area contributed by atoms with E-state index in [-0.39, 0.29) is 5.66 Å². The molecule has 0 aliphatic heterocycles. The maximum Gasteiger partial charge on any atom is 0.166 e. The van der Waals surface area contributed by atoms with Crippen LogP contribution in [-0.2, 0) is 0 Å². The molecule has 6 rings (SSSR count). The Morgan fingerprint density at radius 2 is 1.38 bits per heavy atom. The summed E-state index contributed by atoms with van der Waals surface area (Å²) in [4.78, 5) is 3.54. The first-order chi connectivity index (χ1) is 12.7. The molecular formula is C22H11B2NO. The third-order valence-corrected chi connectivity index (χ3v) is 5.36. The normalized spacial score (nSPS) is 12.2. The van der Waals surface area contributed by atoms with Gasteiger partial charge in [-0.05, 0) is 27.6 Å². The van der Waals surface area contributed by atoms with Gasteiger partial charge in [0.15, 0.2) is 13.4 Å². The first-order valence-electron chi connectivity index (χ1n) is 8.55. The standard InChI is InChI=1S/C22H11B2NO/c23-19-18-14-8-4-3-7-13(14)17-16-12-6-2-1-5-11(12)9-10-15(16)25-20(17)21(18)26-22(19)24/h1-10,25H. The van der Waals surface area contributed by atoms with Crippen LogP contribution in [0.1, 0.15) is 0 Å². The summed E-state index contributed by atoms with van der Waals surface area (Å²) >= 11 is 0. The number of fused-ring (bicyclic) bond motifs is 10. The second-order valence-corrected chi connectivity index (χ2v) is 6.71. The SMILES string of the molecule is [B]c1oc2c3[nH]c4ccc5ccccc5c4c3c3ccccc3c2c1[B]. The topological polar surface area (TPSA) is 28.9 Å². The number of aromatic nitrogens is 1. The van der Waals surface area contributed by atoms with Crippen molar-refractivity contribution in [1.29, 1.82) is 0 Å². The Morgan fingerprint density at radius 3 is 2.19 bits per heavy atom. The summed E-state index contributed by atoms with van der Waals surface area (Å²) in [5.41, 5.74) is 3.50. The molecule has 0 amide bonds. The summed E-state index contributed by atoms with van der Waals surface area (Å²) in [5.74, 6) is 0. The van der Waals surface area contributed by atoms with Gasteiger partial charge in [0.25, 0.3) is 0 Å². The number of hydrogen-bond donors (Lipinski definition) is 1. The van der Waals surface area contributed by atoms with E-state index in [4.69, 9.17) is 20.1 Å². The van der Waals surface area contributed by atoms with Crippen LogP contribution in [0.3, 0.4) is 0 Å². The molecule has 26 heavy (non-hydrogen) atoms. The lowest BCUT2D eigenvalue weighted by Gasteiger charge is -2.05. The molecule has 4 radical (unpaired) electrons. The zero-order valence-corrected chi connectivity index (χ0v) is 13.8. The summed E-state index contributed by atoms with van der Waals surface area (Å²) in [6, 6.07) is 21.0. The van der Waals surface area contributed by atoms with Crippen molar-refractivity contribution >= 4 is 81.1 Å². The quantitative estimate of drug-likeness (QED) is 0.420. The molecule has 0 saturated heterocycles. The predicted octanol–water partition coefficient (Wildman–Crippen LogP) is 3.96. The minimum Gasteiger partial charge on any atom is -0.471 e. The van der Waals surface area contributed by atoms with Gasteiger partial charge < -0.3 is 9.40 Å². The molecule has 2 nitrogen and oxygen atoms in total. The number of rotatable bonds is 0. The molecule has 0 saturated carbocycles. The zero-order valence-electron chi connectivity index (χ0n) is 13.8. The molecule has 0 aliphatic carbocycles. The van der Waals surface area contributed by atoms with Gasteiger partial charge in [0.1, 0.15) is 7.85 Å². The third-order valence-electron chi connectivity index (χ3n) is 5.36. The van der Waals surface area contributed by atoms with E-state index >= 15 is 0 Å². The van der Waals surface area contributed by atoms with Crippen LogP contribution >= 0.6 is 0 Å². The largest absolute Gasteiger partial charge is 0.471 e. The maximum atomic E-state index is 6.25. The lowest BCUT2D eigenvalue weighted by Crippen LogP contribution is -2.21. The van der Waals surface area contributed by atoms with Gasteiger partial charge >= 0.3 is 0 Å². The second-order valence-electron chi connectivity index (χ2n) is 6.71. The second kappa shape index (κ2) is 4.73. The van der Waals surface area contributed by atoms with Gasteiger partial charge in [-0.25, -0.2) is 0 Å². The average Bonchev–Trinajstić information content (AvgIpc) is 3.21. The van der Waals surface area contributed by atoms with E-state index in [0.717, 1.165) is 32.6 Å². The summed E-state index contributed by atoms with van der Waals surface area (Å²) in [6.45, 7) is 0. The van der Waals surface area contributed by atoms with E-state index in [1.165, 1.54) is 16.2 Å². The number of benzene rings is 4. The molecule has 0 spiro atoms. The highest BCUT2D eigenvalue weighted by Crippen LogP contribution is 2.40. The minimum atomic E-state index is 0.265. The molecule has 0 atom stereocenters. The Balaban J connectivity index is 2.05. The van der Waals surface area contributed by atoms with Crippen LogP contribution in [0.15, 0.2) is 65.1 Å². The Kier molecular flexibility index (Phi) is 2.56. The van der Waals surface area contributed by atoms with E-state index in [0.29, 0.717) is 11.0 Å². The summed E-state index contributed by atoms with van der Waals surface area (Å²) in [6.07, 6.45) is 0. The lowest BCUT2D eigenvalue weighted by atomic mass is 9.83. The van der Waals surface area contributed by atoms with Crippen LogP contribution in [0, 0.1) is 0 Å². The molecule has 2 heterocycles. The molecule has 6 aromatic rings. The van der Waals surface area contributed by atoms with Crippen molar-refractivity contribution in [2.24, 2.45) is 0 Å². The first kappa shape index (κ1) is 14.1. The van der Waals surface area contributed by atoms with Gasteiger partial charge in [0.2, 0.25) is 0 Å². The number of aromatic amines is 1. The van der Waals surface area contributed by atoms with Crippen molar-refractivity contribution in [1.82, 2.24) is 4.98 Å². The maximum absolute atomic E-state index is 6.25. The molecule has 1 N–H and O–H groups in total. The van der Waals surface area contributed by atoms with Crippen LogP contribution in [0.4, 0.5) is 0 Å². The van der Waals surface area contributed by atoms with Crippen LogP contribution < -0.4 is 11.1 Å². The highest BCUT2D eigenvalue weighted by atomic mass is 16.3. The molecule has 2 aromatic heterocycles. The Labute approximate surface area is 151 Å². The molecule has 4 heteroatoms. The van der Waals surface area contributed by atoms with Crippen molar-refractivity contribution in [2.75, 3.05) is 0 Å². The molecule has 0 bridgehead atoms. The van der Waals surface area contributed by atoms with Gasteiger partial charge in [-0.15, -0.1) is 0 Å². The van der Waals surface area contributed by atoms with Crippen LogP contribution in [0.25, 0.3) is 54.3 Å². The minimum absolute atomic E-state index is 0.265. The smallest absolute Gasteiger partial charge is 0.166 e. The van der Waals surface area contributed by atoms with Crippen LogP contribution in [0.2, 0.25) is 0 Å². The van der Waals surface area contributed by atoms with Gasteiger partial charge in [-0.2, -0.15) is 0 Å². The fourth-order valence-corrected chi connectivity index (χ4v) is 4.23. The van der Waals surface area contributed by atoms with E-state index in [1.807, 2.05) is 6.07 Å². The molecular weight excluding hydrogens is 316 g/mol. The van der Waals surface area contributed by atoms with Crippen molar-refractivity contribution in [2.45, 2.75) is 0 Å². The van der Waals surface area contributed by atoms with Crippen molar-refractivity contribution in [3.05, 3.63) is 60.7 Å². The molecule has 4 aromatic carbocycles. The summed E-state index contributed by atoms with van der Waals surface area (Å²) in [7, 11) is 12.3. The molecule has 0 unspecified atom stereocenters. The first-order valence-corrected chi connectivity index (χ1v) is 8.55. The van der Waals surface area contributed by atoms with E-state index in [9.17, 15) is 0 Å². The highest BCUT2D eigenvalue weighted by molar-refractivity contribution is 6.54. The Hall–Kier alpha value is -3.13. The highest BCUT2D eigenvalue weighted by Gasteiger charge is 2.19. The van der Waals surface area contributed by atoms with Crippen molar-refractivity contribution in [3.63, 3.8) is 0 Å². The number of H-pyrrole nitrogens is 1. The summed E-state index contributed by atoms with van der Waals surface area (Å²) in [5, 5.41) is 7.85. The zero-order chi connectivity index (χ0) is 17.4. The number of nitrogens with one attached hydrogen (secondary N) is 1. The fraction of sp³-hybridized carbons (Fsp3) is 0. The molecule has 116 valence electrons. The number of furan rings is 1. The van der Waals surface area contributed by atoms with E-state index in [2.05, 4.69) is 59.6 Å². The Morgan fingerprint density at radius 1 is 0.692 bits per heavy atom. The number of hydrogen-bond acceptors (Lipinski definition) is 1. The Bertz CT molecular complexity index is 1510. The summed E-state index contributed by atoms with van der Waals surface area (Å²) < 4.78 is 5.88. The molecule has 0 fully saturated rings. The van der Waals surface area contributed by atoms with Gasteiger partial charge in [0.05, 0.1) is 5.52 Å². The van der Waals surface area contributed by atoms with Gasteiger partial charge in [-0.1, -0.05) is 60.1 Å². The third kappa shape index (κ3) is 1.60. The van der Waals surface area contributed by atoms with Gasteiger partial charge in [-0.3, -0.25) is 0 Å². The van der Waals surface area contributed by atoms with Gasteiger partial charge in [0, 0.05) is 27.3 Å².